The number of nitrogens with one attached hydrogen (secondary N) is 1. The third-order valence-corrected chi connectivity index (χ3v) is 4.10. The molecule has 1 aliphatic carbocycles. The predicted molar refractivity (Wildman–Crippen MR) is 70.8 cm³/mol. The van der Waals surface area contributed by atoms with Gasteiger partial charge in [-0.05, 0) is 36.8 Å². The fourth-order valence-corrected chi connectivity index (χ4v) is 2.92. The highest BCUT2D eigenvalue weighted by molar-refractivity contribution is 5.91. The van der Waals surface area contributed by atoms with Crippen molar-refractivity contribution in [3.05, 3.63) is 24.0 Å². The SMILES string of the molecule is CCC1CCC(Nc2cccnc2C(=O)O)C1C. The van der Waals surface area contributed by atoms with Gasteiger partial charge < -0.3 is 10.4 Å². The quantitative estimate of drug-likeness (QED) is 0.859. The van der Waals surface area contributed by atoms with Crippen molar-refractivity contribution in [1.82, 2.24) is 4.98 Å². The minimum absolute atomic E-state index is 0.115. The van der Waals surface area contributed by atoms with Crippen LogP contribution in [0, 0.1) is 11.8 Å². The molecule has 2 N–H and O–H groups in total. The van der Waals surface area contributed by atoms with Crippen LogP contribution in [0.5, 0.6) is 0 Å². The van der Waals surface area contributed by atoms with Crippen LogP contribution in [0.1, 0.15) is 43.6 Å². The fourth-order valence-electron chi connectivity index (χ4n) is 2.92. The molecule has 0 aliphatic heterocycles. The van der Waals surface area contributed by atoms with Crippen molar-refractivity contribution in [3.8, 4) is 0 Å². The molecule has 3 atom stereocenters. The van der Waals surface area contributed by atoms with Crippen molar-refractivity contribution < 1.29 is 9.90 Å². The number of aromatic carboxylic acids is 1. The van der Waals surface area contributed by atoms with Crippen molar-refractivity contribution in [2.75, 3.05) is 5.32 Å². The molecule has 18 heavy (non-hydrogen) atoms. The predicted octanol–water partition coefficient (Wildman–Crippen LogP) is 3.02. The molecule has 1 aromatic rings. The third-order valence-electron chi connectivity index (χ3n) is 4.10. The van der Waals surface area contributed by atoms with Gasteiger partial charge in [-0.15, -0.1) is 0 Å². The molecule has 1 fully saturated rings. The number of nitrogens with zero attached hydrogens (tertiary/aromatic N) is 1. The van der Waals surface area contributed by atoms with Gasteiger partial charge >= 0.3 is 5.97 Å². The number of carboxylic acids is 1. The molecular weight excluding hydrogens is 228 g/mol. The lowest BCUT2D eigenvalue weighted by molar-refractivity contribution is 0.0691. The van der Waals surface area contributed by atoms with Gasteiger partial charge in [0.15, 0.2) is 5.69 Å². The standard InChI is InChI=1S/C14H20N2O2/c1-3-10-6-7-11(9(10)2)16-12-5-4-8-15-13(12)14(17)18/h4-5,8-11,16H,3,6-7H2,1-2H3,(H,17,18). The topological polar surface area (TPSA) is 62.2 Å². The maximum absolute atomic E-state index is 11.1. The number of carboxylic acid groups (broad SMARTS) is 1. The fraction of sp³-hybridized carbons (Fsp3) is 0.571. The smallest absolute Gasteiger partial charge is 0.356 e. The molecule has 0 bridgehead atoms. The molecule has 1 heterocycles. The van der Waals surface area contributed by atoms with E-state index < -0.39 is 5.97 Å². The molecule has 1 saturated carbocycles. The maximum Gasteiger partial charge on any atom is 0.356 e. The van der Waals surface area contributed by atoms with E-state index in [1.54, 1.807) is 12.1 Å². The summed E-state index contributed by atoms with van der Waals surface area (Å²) in [6, 6.07) is 3.92. The van der Waals surface area contributed by atoms with Gasteiger partial charge in [-0.2, -0.15) is 0 Å². The zero-order chi connectivity index (χ0) is 13.1. The summed E-state index contributed by atoms with van der Waals surface area (Å²) in [6.07, 6.45) is 5.03. The minimum Gasteiger partial charge on any atom is -0.476 e. The summed E-state index contributed by atoms with van der Waals surface area (Å²) in [5.41, 5.74) is 0.753. The van der Waals surface area contributed by atoms with E-state index in [-0.39, 0.29) is 5.69 Å². The first-order valence-corrected chi connectivity index (χ1v) is 6.58. The van der Waals surface area contributed by atoms with Crippen molar-refractivity contribution in [2.24, 2.45) is 11.8 Å². The molecule has 0 amide bonds. The molecule has 0 saturated heterocycles. The van der Waals surface area contributed by atoms with Gasteiger partial charge in [0, 0.05) is 12.2 Å². The average molecular weight is 248 g/mol. The summed E-state index contributed by atoms with van der Waals surface area (Å²) in [6.45, 7) is 4.46. The Balaban J connectivity index is 2.13. The van der Waals surface area contributed by atoms with Gasteiger partial charge in [0.05, 0.1) is 5.69 Å². The van der Waals surface area contributed by atoms with E-state index in [4.69, 9.17) is 5.11 Å². The van der Waals surface area contributed by atoms with Crippen LogP contribution >= 0.6 is 0 Å². The number of pyridine rings is 1. The molecule has 3 unspecified atom stereocenters. The van der Waals surface area contributed by atoms with E-state index in [9.17, 15) is 4.79 Å². The molecule has 1 aliphatic rings. The zero-order valence-electron chi connectivity index (χ0n) is 10.9. The van der Waals surface area contributed by atoms with Crippen molar-refractivity contribution in [3.63, 3.8) is 0 Å². The van der Waals surface area contributed by atoms with Crippen LogP contribution in [0.2, 0.25) is 0 Å². The second-order valence-corrected chi connectivity index (χ2v) is 5.06. The number of rotatable bonds is 4. The van der Waals surface area contributed by atoms with Crippen LogP contribution < -0.4 is 5.32 Å². The molecule has 4 nitrogen and oxygen atoms in total. The first kappa shape index (κ1) is 12.9. The van der Waals surface area contributed by atoms with Crippen LogP contribution in [0.4, 0.5) is 5.69 Å². The Hall–Kier alpha value is -1.58. The van der Waals surface area contributed by atoms with Gasteiger partial charge in [0.2, 0.25) is 0 Å². The lowest BCUT2D eigenvalue weighted by Gasteiger charge is -2.22. The molecule has 1 aromatic heterocycles. The van der Waals surface area contributed by atoms with E-state index in [0.717, 1.165) is 12.3 Å². The Kier molecular flexibility index (Phi) is 3.84. The largest absolute Gasteiger partial charge is 0.476 e. The Morgan fingerprint density at radius 3 is 2.94 bits per heavy atom. The molecule has 0 aromatic carbocycles. The summed E-state index contributed by atoms with van der Waals surface area (Å²) < 4.78 is 0. The second kappa shape index (κ2) is 5.38. The highest BCUT2D eigenvalue weighted by Gasteiger charge is 2.32. The van der Waals surface area contributed by atoms with Crippen molar-refractivity contribution >= 4 is 11.7 Å². The number of carbonyl (C=O) groups is 1. The Morgan fingerprint density at radius 1 is 1.56 bits per heavy atom. The average Bonchev–Trinajstić information content (AvgIpc) is 2.71. The van der Waals surface area contributed by atoms with Gasteiger partial charge in [0.1, 0.15) is 0 Å². The monoisotopic (exact) mass is 248 g/mol. The van der Waals surface area contributed by atoms with E-state index in [0.29, 0.717) is 17.6 Å². The number of aromatic nitrogens is 1. The van der Waals surface area contributed by atoms with Crippen LogP contribution in [0.25, 0.3) is 0 Å². The normalized spacial score (nSPS) is 27.1. The van der Waals surface area contributed by atoms with Gasteiger partial charge in [-0.1, -0.05) is 20.3 Å². The third kappa shape index (κ3) is 2.47. The van der Waals surface area contributed by atoms with Crippen molar-refractivity contribution in [2.45, 2.75) is 39.2 Å². The van der Waals surface area contributed by atoms with Crippen LogP contribution in [-0.4, -0.2) is 22.1 Å². The highest BCUT2D eigenvalue weighted by atomic mass is 16.4. The minimum atomic E-state index is -0.976. The highest BCUT2D eigenvalue weighted by Crippen LogP contribution is 2.35. The van der Waals surface area contributed by atoms with E-state index in [1.807, 2.05) is 0 Å². The summed E-state index contributed by atoms with van der Waals surface area (Å²) in [5.74, 6) is 0.347. The second-order valence-electron chi connectivity index (χ2n) is 5.06. The lowest BCUT2D eigenvalue weighted by Crippen LogP contribution is -2.25. The maximum atomic E-state index is 11.1. The summed E-state index contributed by atoms with van der Waals surface area (Å²) in [7, 11) is 0. The molecular formula is C14H20N2O2. The van der Waals surface area contributed by atoms with Crippen LogP contribution in [0.15, 0.2) is 18.3 Å². The van der Waals surface area contributed by atoms with Crippen LogP contribution in [0.3, 0.4) is 0 Å². The lowest BCUT2D eigenvalue weighted by atomic mass is 9.93. The summed E-state index contributed by atoms with van der Waals surface area (Å²) in [4.78, 5) is 15.0. The Bertz CT molecular complexity index is 434. The number of hydrogen-bond donors (Lipinski definition) is 2. The summed E-state index contributed by atoms with van der Waals surface area (Å²) >= 11 is 0. The summed E-state index contributed by atoms with van der Waals surface area (Å²) in [5, 5.41) is 12.5. The Labute approximate surface area is 107 Å². The molecule has 2 rings (SSSR count). The molecule has 0 radical (unpaired) electrons. The molecule has 4 heteroatoms. The number of anilines is 1. The van der Waals surface area contributed by atoms with Gasteiger partial charge in [-0.3, -0.25) is 0 Å². The number of hydrogen-bond acceptors (Lipinski definition) is 3. The van der Waals surface area contributed by atoms with E-state index in [1.165, 1.54) is 19.0 Å². The molecule has 98 valence electrons. The Morgan fingerprint density at radius 2 is 2.33 bits per heavy atom. The zero-order valence-corrected chi connectivity index (χ0v) is 10.9. The van der Waals surface area contributed by atoms with Gasteiger partial charge in [0.25, 0.3) is 0 Å². The first-order chi connectivity index (χ1) is 8.63. The first-order valence-electron chi connectivity index (χ1n) is 6.58. The van der Waals surface area contributed by atoms with E-state index >= 15 is 0 Å². The van der Waals surface area contributed by atoms with Crippen molar-refractivity contribution in [1.29, 1.82) is 0 Å². The van der Waals surface area contributed by atoms with Crippen LogP contribution in [-0.2, 0) is 0 Å². The van der Waals surface area contributed by atoms with Gasteiger partial charge in [-0.25, -0.2) is 9.78 Å². The van der Waals surface area contributed by atoms with E-state index in [2.05, 4.69) is 24.1 Å². The molecule has 0 spiro atoms.